The van der Waals surface area contributed by atoms with Crippen LogP contribution < -0.4 is 9.64 Å². The molecule has 0 saturated carbocycles. The molecule has 0 amide bonds. The van der Waals surface area contributed by atoms with E-state index in [-0.39, 0.29) is 5.95 Å². The van der Waals surface area contributed by atoms with Crippen LogP contribution in [0.2, 0.25) is 0 Å². The number of anilines is 1. The van der Waals surface area contributed by atoms with Crippen LogP contribution in [0.4, 0.5) is 19.1 Å². The molecule has 1 aliphatic heterocycles. The summed E-state index contributed by atoms with van der Waals surface area (Å²) >= 11 is 0. The summed E-state index contributed by atoms with van der Waals surface area (Å²) in [5.41, 5.74) is 1.06. The van der Waals surface area contributed by atoms with Crippen molar-refractivity contribution >= 4 is 5.95 Å². The molecule has 0 radical (unpaired) electrons. The zero-order valence-electron chi connectivity index (χ0n) is 13.0. The lowest BCUT2D eigenvalue weighted by atomic mass is 10.2. The second kappa shape index (κ2) is 6.63. The Morgan fingerprint density at radius 3 is 2.50 bits per heavy atom. The molecule has 2 aromatic heterocycles. The van der Waals surface area contributed by atoms with Crippen LogP contribution in [0, 0.1) is 0 Å². The van der Waals surface area contributed by atoms with Gasteiger partial charge in [-0.15, -0.1) is 5.10 Å². The highest BCUT2D eigenvalue weighted by atomic mass is 19.4. The fourth-order valence-corrected chi connectivity index (χ4v) is 2.52. The molecule has 0 aromatic carbocycles. The van der Waals surface area contributed by atoms with Crippen molar-refractivity contribution in [2.45, 2.75) is 12.7 Å². The first-order chi connectivity index (χ1) is 11.5. The lowest BCUT2D eigenvalue weighted by Crippen LogP contribution is -2.46. The van der Waals surface area contributed by atoms with Crippen molar-refractivity contribution in [2.75, 3.05) is 38.2 Å². The third-order valence-electron chi connectivity index (χ3n) is 3.81. The zero-order chi connectivity index (χ0) is 17.2. The molecule has 0 atom stereocenters. The lowest BCUT2D eigenvalue weighted by molar-refractivity contribution is -0.144. The third kappa shape index (κ3) is 3.75. The van der Waals surface area contributed by atoms with Crippen molar-refractivity contribution in [3.8, 4) is 5.88 Å². The summed E-state index contributed by atoms with van der Waals surface area (Å²) in [5.74, 6) is -0.410. The first-order valence-electron chi connectivity index (χ1n) is 7.41. The molecule has 2 aromatic rings. The van der Waals surface area contributed by atoms with Crippen LogP contribution in [0.3, 0.4) is 0 Å². The van der Waals surface area contributed by atoms with E-state index in [0.29, 0.717) is 32.1 Å². The second-order valence-corrected chi connectivity index (χ2v) is 5.45. The number of aromatic nitrogens is 4. The maximum absolute atomic E-state index is 12.5. The number of methoxy groups -OCH3 is 1. The van der Waals surface area contributed by atoms with Gasteiger partial charge in [0.15, 0.2) is 0 Å². The van der Waals surface area contributed by atoms with Gasteiger partial charge in [0.05, 0.1) is 7.11 Å². The number of H-pyrrole nitrogens is 1. The monoisotopic (exact) mass is 342 g/mol. The van der Waals surface area contributed by atoms with Crippen LogP contribution in [0.25, 0.3) is 0 Å². The van der Waals surface area contributed by atoms with Gasteiger partial charge >= 0.3 is 6.18 Å². The van der Waals surface area contributed by atoms with Gasteiger partial charge in [0.25, 0.3) is 5.82 Å². The molecule has 7 nitrogen and oxygen atoms in total. The minimum atomic E-state index is -4.53. The van der Waals surface area contributed by atoms with E-state index in [1.165, 1.54) is 0 Å². The highest BCUT2D eigenvalue weighted by molar-refractivity contribution is 5.30. The third-order valence-corrected chi connectivity index (χ3v) is 3.81. The Bertz CT molecular complexity index is 664. The molecule has 0 unspecified atom stereocenters. The van der Waals surface area contributed by atoms with Gasteiger partial charge in [0.2, 0.25) is 11.8 Å². The fraction of sp³-hybridized carbons (Fsp3) is 0.500. The van der Waals surface area contributed by atoms with Gasteiger partial charge in [-0.3, -0.25) is 4.90 Å². The Hall–Kier alpha value is -2.36. The quantitative estimate of drug-likeness (QED) is 0.909. The van der Waals surface area contributed by atoms with Crippen LogP contribution in [0.5, 0.6) is 5.88 Å². The summed E-state index contributed by atoms with van der Waals surface area (Å²) in [6.45, 7) is 3.32. The molecule has 3 rings (SSSR count). The summed E-state index contributed by atoms with van der Waals surface area (Å²) in [7, 11) is 1.56. The van der Waals surface area contributed by atoms with E-state index in [9.17, 15) is 13.2 Å². The van der Waals surface area contributed by atoms with Gasteiger partial charge in [-0.05, 0) is 5.56 Å². The number of nitrogens with zero attached hydrogens (tertiary/aromatic N) is 5. The van der Waals surface area contributed by atoms with Crippen LogP contribution >= 0.6 is 0 Å². The molecule has 1 N–H and O–H groups in total. The number of hydrogen-bond acceptors (Lipinski definition) is 6. The molecule has 10 heteroatoms. The van der Waals surface area contributed by atoms with Gasteiger partial charge in [-0.2, -0.15) is 18.2 Å². The van der Waals surface area contributed by atoms with Crippen LogP contribution in [0.15, 0.2) is 18.3 Å². The molecular formula is C14H17F3N6O. The molecule has 0 bridgehead atoms. The van der Waals surface area contributed by atoms with Gasteiger partial charge in [0, 0.05) is 45.0 Å². The first kappa shape index (κ1) is 16.5. The standard InChI is InChI=1S/C14H17F3N6O/c1-24-11-3-2-10(8-18-11)9-22-4-6-23(7-5-22)13-19-12(20-21-13)14(15,16)17/h2-3,8H,4-7,9H2,1H3,(H,19,20,21). The molecule has 1 saturated heterocycles. The van der Waals surface area contributed by atoms with E-state index in [1.54, 1.807) is 24.3 Å². The minimum Gasteiger partial charge on any atom is -0.481 e. The van der Waals surface area contributed by atoms with E-state index in [4.69, 9.17) is 4.74 Å². The molecule has 0 aliphatic carbocycles. The van der Waals surface area contributed by atoms with E-state index in [1.807, 2.05) is 6.07 Å². The van der Waals surface area contributed by atoms with Crippen molar-refractivity contribution in [2.24, 2.45) is 0 Å². The number of aromatic amines is 1. The zero-order valence-corrected chi connectivity index (χ0v) is 13.0. The number of hydrogen-bond donors (Lipinski definition) is 1. The SMILES string of the molecule is COc1ccc(CN2CCN(c3nc(C(F)(F)F)n[nH]3)CC2)cn1. The Morgan fingerprint density at radius 1 is 1.21 bits per heavy atom. The van der Waals surface area contributed by atoms with Crippen molar-refractivity contribution < 1.29 is 17.9 Å². The van der Waals surface area contributed by atoms with Crippen molar-refractivity contribution in [3.05, 3.63) is 29.7 Å². The molecule has 24 heavy (non-hydrogen) atoms. The Labute approximate surface area is 136 Å². The molecular weight excluding hydrogens is 325 g/mol. The first-order valence-corrected chi connectivity index (χ1v) is 7.41. The van der Waals surface area contributed by atoms with Gasteiger partial charge in [-0.25, -0.2) is 10.1 Å². The van der Waals surface area contributed by atoms with Crippen LogP contribution in [-0.4, -0.2) is 58.4 Å². The van der Waals surface area contributed by atoms with Gasteiger partial charge in [-0.1, -0.05) is 6.07 Å². The maximum atomic E-state index is 12.5. The van der Waals surface area contributed by atoms with Crippen LogP contribution in [-0.2, 0) is 12.7 Å². The second-order valence-electron chi connectivity index (χ2n) is 5.45. The van der Waals surface area contributed by atoms with E-state index < -0.39 is 12.0 Å². The number of halogens is 3. The smallest absolute Gasteiger partial charge is 0.453 e. The summed E-state index contributed by atoms with van der Waals surface area (Å²) in [4.78, 5) is 11.7. The average Bonchev–Trinajstić information content (AvgIpc) is 3.07. The van der Waals surface area contributed by atoms with E-state index >= 15 is 0 Å². The van der Waals surface area contributed by atoms with E-state index in [0.717, 1.165) is 12.1 Å². The van der Waals surface area contributed by atoms with Crippen molar-refractivity contribution in [1.29, 1.82) is 0 Å². The topological polar surface area (TPSA) is 70.2 Å². The average molecular weight is 342 g/mol. The Morgan fingerprint density at radius 2 is 1.96 bits per heavy atom. The Kier molecular flexibility index (Phi) is 4.56. The number of ether oxygens (including phenoxy) is 1. The van der Waals surface area contributed by atoms with E-state index in [2.05, 4.69) is 25.1 Å². The molecule has 3 heterocycles. The highest BCUT2D eigenvalue weighted by Crippen LogP contribution is 2.27. The highest BCUT2D eigenvalue weighted by Gasteiger charge is 2.36. The molecule has 0 spiro atoms. The number of rotatable bonds is 4. The predicted molar refractivity (Wildman–Crippen MR) is 79.7 cm³/mol. The fourth-order valence-electron chi connectivity index (χ4n) is 2.52. The molecule has 1 fully saturated rings. The maximum Gasteiger partial charge on any atom is 0.453 e. The molecule has 1 aliphatic rings. The number of pyridine rings is 1. The number of piperazine rings is 1. The number of nitrogens with one attached hydrogen (secondary N) is 1. The van der Waals surface area contributed by atoms with Gasteiger partial charge < -0.3 is 9.64 Å². The molecule has 130 valence electrons. The minimum absolute atomic E-state index is 0.160. The lowest BCUT2D eigenvalue weighted by Gasteiger charge is -2.34. The normalized spacial score (nSPS) is 16.4. The summed E-state index contributed by atoms with van der Waals surface area (Å²) in [6, 6.07) is 3.75. The predicted octanol–water partition coefficient (Wildman–Crippen LogP) is 1.55. The van der Waals surface area contributed by atoms with Crippen molar-refractivity contribution in [1.82, 2.24) is 25.1 Å². The van der Waals surface area contributed by atoms with Crippen molar-refractivity contribution in [3.63, 3.8) is 0 Å². The summed E-state index contributed by atoms with van der Waals surface area (Å²) in [6.07, 6.45) is -2.77. The van der Waals surface area contributed by atoms with Crippen LogP contribution in [0.1, 0.15) is 11.4 Å². The summed E-state index contributed by atoms with van der Waals surface area (Å²) < 4.78 is 42.6. The number of alkyl halides is 3. The van der Waals surface area contributed by atoms with Gasteiger partial charge in [0.1, 0.15) is 0 Å². The summed E-state index contributed by atoms with van der Waals surface area (Å²) in [5, 5.41) is 5.59. The Balaban J connectivity index is 1.54. The largest absolute Gasteiger partial charge is 0.481 e.